The smallest absolute Gasteiger partial charge is 0.185 e. The number of nitrogens with one attached hydrogen (secondary N) is 1. The Balaban J connectivity index is 2.95. The van der Waals surface area contributed by atoms with E-state index in [1.54, 1.807) is 6.92 Å². The molecule has 0 unspecified atom stereocenters. The Morgan fingerprint density at radius 1 is 1.16 bits per heavy atom. The molecule has 0 saturated carbocycles. The van der Waals surface area contributed by atoms with Crippen molar-refractivity contribution in [2.45, 2.75) is 27.2 Å². The number of hydrogen-bond acceptors (Lipinski definition) is 2. The van der Waals surface area contributed by atoms with E-state index in [1.165, 1.54) is 0 Å². The molecule has 0 atom stereocenters. The number of anilines is 1. The van der Waals surface area contributed by atoms with Crippen LogP contribution in [0.25, 0.3) is 10.9 Å². The molecule has 2 rings (SSSR count). The number of rotatable bonds is 3. The topological polar surface area (TPSA) is 24.9 Å². The maximum Gasteiger partial charge on any atom is 0.185 e. The lowest BCUT2D eigenvalue weighted by atomic mass is 10.0. The fourth-order valence-corrected chi connectivity index (χ4v) is 2.22. The van der Waals surface area contributed by atoms with Crippen molar-refractivity contribution >= 4 is 16.6 Å². The van der Waals surface area contributed by atoms with Crippen LogP contribution in [-0.4, -0.2) is 11.5 Å². The molecular weight excluding hydrogens is 253 g/mol. The number of aryl methyl sites for hydroxylation is 1. The fourth-order valence-electron chi connectivity index (χ4n) is 2.22. The fraction of sp³-hybridized carbons (Fsp3) is 0.357. The maximum absolute atomic E-state index is 13.9. The minimum absolute atomic E-state index is 0.00968. The van der Waals surface area contributed by atoms with E-state index < -0.39 is 17.5 Å². The molecule has 5 heteroatoms. The third-order valence-electron chi connectivity index (χ3n) is 3.14. The number of aromatic nitrogens is 1. The Labute approximate surface area is 109 Å². The van der Waals surface area contributed by atoms with Gasteiger partial charge in [-0.1, -0.05) is 6.92 Å². The largest absolute Gasteiger partial charge is 0.384 e. The summed E-state index contributed by atoms with van der Waals surface area (Å²) < 4.78 is 41.0. The maximum atomic E-state index is 13.9. The summed E-state index contributed by atoms with van der Waals surface area (Å²) >= 11 is 0. The van der Waals surface area contributed by atoms with Crippen molar-refractivity contribution in [1.82, 2.24) is 4.98 Å². The summed E-state index contributed by atoms with van der Waals surface area (Å²) in [6.07, 6.45) is 0.567. The van der Waals surface area contributed by atoms with Crippen molar-refractivity contribution in [1.29, 1.82) is 0 Å². The zero-order valence-corrected chi connectivity index (χ0v) is 11.1. The van der Waals surface area contributed by atoms with E-state index in [0.29, 0.717) is 30.4 Å². The summed E-state index contributed by atoms with van der Waals surface area (Å²) in [6.45, 7) is 6.07. The number of hydrogen-bond donors (Lipinski definition) is 1. The molecule has 2 nitrogen and oxygen atoms in total. The van der Waals surface area contributed by atoms with E-state index in [1.807, 2.05) is 13.8 Å². The number of pyridine rings is 1. The highest BCUT2D eigenvalue weighted by molar-refractivity contribution is 5.94. The van der Waals surface area contributed by atoms with E-state index in [-0.39, 0.29) is 10.9 Å². The zero-order chi connectivity index (χ0) is 14.2. The lowest BCUT2D eigenvalue weighted by molar-refractivity contribution is 0.504. The predicted octanol–water partition coefficient (Wildman–Crippen LogP) is 3.95. The van der Waals surface area contributed by atoms with Crippen LogP contribution in [0, 0.1) is 24.4 Å². The highest BCUT2D eigenvalue weighted by Crippen LogP contribution is 2.32. The first kappa shape index (κ1) is 13.6. The van der Waals surface area contributed by atoms with Crippen LogP contribution < -0.4 is 5.32 Å². The summed E-state index contributed by atoms with van der Waals surface area (Å²) in [6, 6.07) is 0.561. The Kier molecular flexibility index (Phi) is 3.64. The van der Waals surface area contributed by atoms with Crippen molar-refractivity contribution in [2.24, 2.45) is 0 Å². The van der Waals surface area contributed by atoms with E-state index in [9.17, 15) is 13.2 Å². The van der Waals surface area contributed by atoms with Crippen molar-refractivity contribution in [3.63, 3.8) is 0 Å². The normalized spacial score (nSPS) is 11.1. The van der Waals surface area contributed by atoms with Crippen LogP contribution in [-0.2, 0) is 6.42 Å². The summed E-state index contributed by atoms with van der Waals surface area (Å²) in [5, 5.41) is 3.02. The number of nitrogens with zero attached hydrogens (tertiary/aromatic N) is 1. The van der Waals surface area contributed by atoms with Crippen LogP contribution in [0.3, 0.4) is 0 Å². The van der Waals surface area contributed by atoms with Crippen LogP contribution in [0.4, 0.5) is 18.9 Å². The number of benzene rings is 1. The van der Waals surface area contributed by atoms with Gasteiger partial charge in [-0.05, 0) is 25.8 Å². The molecule has 0 saturated heterocycles. The van der Waals surface area contributed by atoms with E-state index in [4.69, 9.17) is 0 Å². The molecule has 0 spiro atoms. The first-order chi connectivity index (χ1) is 9.01. The SMILES string of the molecule is CCNc1c(C)c(CC)nc2c(F)c(F)cc(F)c12. The van der Waals surface area contributed by atoms with Gasteiger partial charge < -0.3 is 5.32 Å². The van der Waals surface area contributed by atoms with Crippen LogP contribution in [0.2, 0.25) is 0 Å². The Hall–Kier alpha value is -1.78. The van der Waals surface area contributed by atoms with Crippen molar-refractivity contribution in [3.05, 3.63) is 34.8 Å². The van der Waals surface area contributed by atoms with Gasteiger partial charge in [0.25, 0.3) is 0 Å². The van der Waals surface area contributed by atoms with Crippen LogP contribution in [0.15, 0.2) is 6.07 Å². The molecule has 1 N–H and O–H groups in total. The molecule has 102 valence electrons. The minimum atomic E-state index is -1.22. The van der Waals surface area contributed by atoms with E-state index >= 15 is 0 Å². The van der Waals surface area contributed by atoms with Gasteiger partial charge in [-0.15, -0.1) is 0 Å². The Morgan fingerprint density at radius 2 is 1.84 bits per heavy atom. The molecule has 2 aromatic rings. The molecule has 19 heavy (non-hydrogen) atoms. The average molecular weight is 268 g/mol. The molecule has 0 aliphatic rings. The summed E-state index contributed by atoms with van der Waals surface area (Å²) in [5.41, 5.74) is 1.63. The van der Waals surface area contributed by atoms with Gasteiger partial charge in [-0.25, -0.2) is 18.2 Å². The summed E-state index contributed by atoms with van der Waals surface area (Å²) in [4.78, 5) is 4.06. The second kappa shape index (κ2) is 5.07. The third-order valence-corrected chi connectivity index (χ3v) is 3.14. The Bertz CT molecular complexity index is 639. The van der Waals surface area contributed by atoms with Gasteiger partial charge >= 0.3 is 0 Å². The van der Waals surface area contributed by atoms with Gasteiger partial charge in [0.2, 0.25) is 0 Å². The molecular formula is C14H15F3N2. The van der Waals surface area contributed by atoms with Gasteiger partial charge in [0.15, 0.2) is 11.6 Å². The molecule has 0 fully saturated rings. The molecule has 1 aromatic carbocycles. The van der Waals surface area contributed by atoms with Crippen molar-refractivity contribution in [3.8, 4) is 0 Å². The quantitative estimate of drug-likeness (QED) is 0.852. The van der Waals surface area contributed by atoms with Crippen LogP contribution in [0.1, 0.15) is 25.1 Å². The number of fused-ring (bicyclic) bond motifs is 1. The van der Waals surface area contributed by atoms with Crippen molar-refractivity contribution < 1.29 is 13.2 Å². The van der Waals surface area contributed by atoms with Gasteiger partial charge in [-0.3, -0.25) is 0 Å². The molecule has 0 amide bonds. The highest BCUT2D eigenvalue weighted by Gasteiger charge is 2.20. The van der Waals surface area contributed by atoms with E-state index in [0.717, 1.165) is 5.56 Å². The monoisotopic (exact) mass is 268 g/mol. The molecule has 0 aliphatic heterocycles. The lowest BCUT2D eigenvalue weighted by Crippen LogP contribution is -2.07. The third kappa shape index (κ3) is 2.13. The second-order valence-electron chi connectivity index (χ2n) is 4.32. The average Bonchev–Trinajstić information content (AvgIpc) is 2.38. The summed E-state index contributed by atoms with van der Waals surface area (Å²) in [7, 11) is 0. The second-order valence-corrected chi connectivity index (χ2v) is 4.32. The van der Waals surface area contributed by atoms with Crippen molar-refractivity contribution in [2.75, 3.05) is 11.9 Å². The number of halogens is 3. The standard InChI is InChI=1S/C14H15F3N2/c1-4-10-7(3)13(18-5-2)11-8(15)6-9(16)12(17)14(11)19-10/h6H,4-5H2,1-3H3,(H,18,19). The van der Waals surface area contributed by atoms with Gasteiger partial charge in [0.05, 0.1) is 11.1 Å². The highest BCUT2D eigenvalue weighted by atomic mass is 19.2. The van der Waals surface area contributed by atoms with Crippen LogP contribution >= 0.6 is 0 Å². The Morgan fingerprint density at radius 3 is 2.42 bits per heavy atom. The summed E-state index contributed by atoms with van der Waals surface area (Å²) in [5.74, 6) is -3.13. The lowest BCUT2D eigenvalue weighted by Gasteiger charge is -2.15. The first-order valence-corrected chi connectivity index (χ1v) is 6.21. The molecule has 0 aliphatic carbocycles. The predicted molar refractivity (Wildman–Crippen MR) is 69.9 cm³/mol. The van der Waals surface area contributed by atoms with E-state index in [2.05, 4.69) is 10.3 Å². The van der Waals surface area contributed by atoms with Gasteiger partial charge in [0.1, 0.15) is 11.3 Å². The van der Waals surface area contributed by atoms with Crippen LogP contribution in [0.5, 0.6) is 0 Å². The molecule has 1 heterocycles. The first-order valence-electron chi connectivity index (χ1n) is 6.21. The molecule has 1 aromatic heterocycles. The molecule has 0 bridgehead atoms. The molecule has 0 radical (unpaired) electrons. The zero-order valence-electron chi connectivity index (χ0n) is 11.1. The minimum Gasteiger partial charge on any atom is -0.384 e. The van der Waals surface area contributed by atoms with Gasteiger partial charge in [0, 0.05) is 18.3 Å². The van der Waals surface area contributed by atoms with Gasteiger partial charge in [-0.2, -0.15) is 0 Å².